The van der Waals surface area contributed by atoms with Crippen LogP contribution < -0.4 is 10.6 Å². The number of carboxylic acids is 1. The Bertz CT molecular complexity index is 342. The summed E-state index contributed by atoms with van der Waals surface area (Å²) in [4.78, 5) is 25.2. The molecule has 0 aromatic heterocycles. The Hall–Kier alpha value is -1.14. The molecule has 2 aliphatic rings. The van der Waals surface area contributed by atoms with Gasteiger partial charge in [0, 0.05) is 6.04 Å². The molecule has 0 spiro atoms. The molecule has 2 fully saturated rings. The predicted molar refractivity (Wildman–Crippen MR) is 70.9 cm³/mol. The van der Waals surface area contributed by atoms with E-state index in [4.69, 9.17) is 5.11 Å². The summed E-state index contributed by atoms with van der Waals surface area (Å²) in [5, 5.41) is 14.8. The van der Waals surface area contributed by atoms with E-state index >= 15 is 0 Å². The number of nitrogens with zero attached hydrogens (tertiary/aromatic N) is 1. The highest BCUT2D eigenvalue weighted by Gasteiger charge is 2.36. The number of carboxylic acid groups (broad SMARTS) is 1. The Morgan fingerprint density at radius 1 is 1.32 bits per heavy atom. The van der Waals surface area contributed by atoms with Crippen LogP contribution in [0.25, 0.3) is 0 Å². The Kier molecular flexibility index (Phi) is 4.76. The monoisotopic (exact) mass is 269 g/mol. The van der Waals surface area contributed by atoms with Gasteiger partial charge < -0.3 is 15.7 Å². The first-order valence-corrected chi connectivity index (χ1v) is 7.09. The molecule has 0 saturated carbocycles. The molecule has 108 valence electrons. The number of aliphatic carboxylic acids is 1. The zero-order chi connectivity index (χ0) is 13.8. The standard InChI is InChI=1S/C13H23N3O3/c1-9(13(18)19)15-12(17)11-3-2-8-16(11)10-4-6-14-7-5-10/h9-11,14H,2-8H2,1H3,(H,15,17)(H,18,19). The Morgan fingerprint density at radius 3 is 2.63 bits per heavy atom. The molecular weight excluding hydrogens is 246 g/mol. The summed E-state index contributed by atoms with van der Waals surface area (Å²) in [5.41, 5.74) is 0. The number of carbonyl (C=O) groups is 2. The summed E-state index contributed by atoms with van der Waals surface area (Å²) in [5.74, 6) is -1.12. The zero-order valence-electron chi connectivity index (χ0n) is 11.4. The van der Waals surface area contributed by atoms with Gasteiger partial charge in [0.25, 0.3) is 0 Å². The fourth-order valence-electron chi connectivity index (χ4n) is 3.02. The maximum Gasteiger partial charge on any atom is 0.325 e. The van der Waals surface area contributed by atoms with Crippen molar-refractivity contribution in [2.45, 2.75) is 50.7 Å². The summed E-state index contributed by atoms with van der Waals surface area (Å²) in [7, 11) is 0. The van der Waals surface area contributed by atoms with Crippen molar-refractivity contribution in [1.82, 2.24) is 15.5 Å². The first-order valence-electron chi connectivity index (χ1n) is 7.09. The van der Waals surface area contributed by atoms with Crippen LogP contribution in [0.15, 0.2) is 0 Å². The van der Waals surface area contributed by atoms with Crippen LogP contribution in [0.5, 0.6) is 0 Å². The van der Waals surface area contributed by atoms with Crippen molar-refractivity contribution in [3.63, 3.8) is 0 Å². The molecule has 0 radical (unpaired) electrons. The number of rotatable bonds is 4. The SMILES string of the molecule is CC(NC(=O)C1CCCN1C1CCNCC1)C(=O)O. The van der Waals surface area contributed by atoms with Gasteiger partial charge in [-0.2, -0.15) is 0 Å². The smallest absolute Gasteiger partial charge is 0.325 e. The van der Waals surface area contributed by atoms with Crippen LogP contribution in [0.4, 0.5) is 0 Å². The van der Waals surface area contributed by atoms with E-state index in [-0.39, 0.29) is 11.9 Å². The number of hydrogen-bond donors (Lipinski definition) is 3. The van der Waals surface area contributed by atoms with E-state index in [0.29, 0.717) is 6.04 Å². The third kappa shape index (κ3) is 3.45. The number of likely N-dealkylation sites (tertiary alicyclic amines) is 1. The van der Waals surface area contributed by atoms with Gasteiger partial charge in [-0.1, -0.05) is 0 Å². The minimum atomic E-state index is -0.986. The first-order chi connectivity index (χ1) is 9.09. The average molecular weight is 269 g/mol. The molecule has 2 aliphatic heterocycles. The number of carbonyl (C=O) groups excluding carboxylic acids is 1. The third-order valence-electron chi connectivity index (χ3n) is 4.10. The third-order valence-corrected chi connectivity index (χ3v) is 4.10. The Labute approximate surface area is 113 Å². The lowest BCUT2D eigenvalue weighted by Crippen LogP contribution is -2.53. The van der Waals surface area contributed by atoms with Gasteiger partial charge >= 0.3 is 5.97 Å². The van der Waals surface area contributed by atoms with Gasteiger partial charge in [-0.25, -0.2) is 0 Å². The number of hydrogen-bond acceptors (Lipinski definition) is 4. The van der Waals surface area contributed by atoms with Crippen LogP contribution in [-0.4, -0.2) is 59.6 Å². The topological polar surface area (TPSA) is 81.7 Å². The zero-order valence-corrected chi connectivity index (χ0v) is 11.4. The molecule has 0 aromatic carbocycles. The maximum atomic E-state index is 12.2. The molecule has 2 atom stereocenters. The van der Waals surface area contributed by atoms with Gasteiger partial charge in [0.05, 0.1) is 6.04 Å². The minimum Gasteiger partial charge on any atom is -0.480 e. The number of piperidine rings is 1. The van der Waals surface area contributed by atoms with E-state index in [2.05, 4.69) is 15.5 Å². The minimum absolute atomic E-state index is 0.133. The highest BCUT2D eigenvalue weighted by atomic mass is 16.4. The van der Waals surface area contributed by atoms with Crippen LogP contribution in [-0.2, 0) is 9.59 Å². The van der Waals surface area contributed by atoms with Crippen molar-refractivity contribution < 1.29 is 14.7 Å². The van der Waals surface area contributed by atoms with Gasteiger partial charge in [-0.3, -0.25) is 14.5 Å². The number of nitrogens with one attached hydrogen (secondary N) is 2. The lowest BCUT2D eigenvalue weighted by molar-refractivity contribution is -0.142. The fraction of sp³-hybridized carbons (Fsp3) is 0.846. The molecule has 1 amide bonds. The van der Waals surface area contributed by atoms with Crippen LogP contribution >= 0.6 is 0 Å². The van der Waals surface area contributed by atoms with Crippen molar-refractivity contribution in [3.8, 4) is 0 Å². The van der Waals surface area contributed by atoms with Crippen molar-refractivity contribution in [2.24, 2.45) is 0 Å². The summed E-state index contributed by atoms with van der Waals surface area (Å²) in [6.07, 6.45) is 3.99. The molecule has 0 aromatic rings. The van der Waals surface area contributed by atoms with E-state index in [1.54, 1.807) is 0 Å². The number of amides is 1. The molecule has 2 saturated heterocycles. The summed E-state index contributed by atoms with van der Waals surface area (Å²) in [6, 6.07) is -0.507. The molecule has 2 heterocycles. The van der Waals surface area contributed by atoms with Gasteiger partial charge in [0.1, 0.15) is 6.04 Å². The molecular formula is C13H23N3O3. The van der Waals surface area contributed by atoms with Crippen molar-refractivity contribution in [1.29, 1.82) is 0 Å². The molecule has 2 unspecified atom stereocenters. The molecule has 0 aliphatic carbocycles. The van der Waals surface area contributed by atoms with E-state index in [1.165, 1.54) is 6.92 Å². The van der Waals surface area contributed by atoms with E-state index in [9.17, 15) is 9.59 Å². The van der Waals surface area contributed by atoms with E-state index in [1.807, 2.05) is 0 Å². The van der Waals surface area contributed by atoms with E-state index < -0.39 is 12.0 Å². The summed E-state index contributed by atoms with van der Waals surface area (Å²) in [6.45, 7) is 4.45. The fourth-order valence-corrected chi connectivity index (χ4v) is 3.02. The molecule has 6 heteroatoms. The second-order valence-electron chi connectivity index (χ2n) is 5.45. The highest BCUT2D eigenvalue weighted by Crippen LogP contribution is 2.24. The highest BCUT2D eigenvalue weighted by molar-refractivity contribution is 5.86. The van der Waals surface area contributed by atoms with Crippen molar-refractivity contribution in [3.05, 3.63) is 0 Å². The molecule has 19 heavy (non-hydrogen) atoms. The summed E-state index contributed by atoms with van der Waals surface area (Å²) >= 11 is 0. The van der Waals surface area contributed by atoms with Crippen molar-refractivity contribution >= 4 is 11.9 Å². The largest absolute Gasteiger partial charge is 0.480 e. The summed E-state index contributed by atoms with van der Waals surface area (Å²) < 4.78 is 0. The Balaban J connectivity index is 1.93. The Morgan fingerprint density at radius 2 is 2.00 bits per heavy atom. The molecule has 0 bridgehead atoms. The quantitative estimate of drug-likeness (QED) is 0.658. The second-order valence-corrected chi connectivity index (χ2v) is 5.45. The second kappa shape index (κ2) is 6.34. The van der Waals surface area contributed by atoms with Crippen LogP contribution in [0, 0.1) is 0 Å². The molecule has 2 rings (SSSR count). The van der Waals surface area contributed by atoms with E-state index in [0.717, 1.165) is 45.3 Å². The van der Waals surface area contributed by atoms with Gasteiger partial charge in [-0.15, -0.1) is 0 Å². The van der Waals surface area contributed by atoms with Gasteiger partial charge in [0.15, 0.2) is 0 Å². The molecule has 6 nitrogen and oxygen atoms in total. The van der Waals surface area contributed by atoms with Gasteiger partial charge in [-0.05, 0) is 52.2 Å². The van der Waals surface area contributed by atoms with Crippen LogP contribution in [0.3, 0.4) is 0 Å². The molecule has 3 N–H and O–H groups in total. The van der Waals surface area contributed by atoms with Crippen LogP contribution in [0.2, 0.25) is 0 Å². The lowest BCUT2D eigenvalue weighted by atomic mass is 10.0. The normalized spacial score (nSPS) is 27.1. The van der Waals surface area contributed by atoms with Gasteiger partial charge in [0.2, 0.25) is 5.91 Å². The average Bonchev–Trinajstić information content (AvgIpc) is 2.88. The van der Waals surface area contributed by atoms with Crippen molar-refractivity contribution in [2.75, 3.05) is 19.6 Å². The lowest BCUT2D eigenvalue weighted by Gasteiger charge is -2.35. The maximum absolute atomic E-state index is 12.2. The van der Waals surface area contributed by atoms with Crippen LogP contribution in [0.1, 0.15) is 32.6 Å². The first kappa shape index (κ1) is 14.3. The predicted octanol–water partition coefficient (Wildman–Crippen LogP) is -0.208.